The molecule has 0 bridgehead atoms. The zero-order valence-electron chi connectivity index (χ0n) is 16.5. The molecule has 2 saturated heterocycles. The van der Waals surface area contributed by atoms with E-state index in [-0.39, 0.29) is 11.4 Å². The molecule has 14 heteroatoms. The first-order valence-electron chi connectivity index (χ1n) is 9.62. The normalized spacial score (nSPS) is 40.1. The zero-order valence-corrected chi connectivity index (χ0v) is 16.5. The zero-order chi connectivity index (χ0) is 23.6. The van der Waals surface area contributed by atoms with Gasteiger partial charge in [0.15, 0.2) is 6.29 Å². The first kappa shape index (κ1) is 24.6. The minimum Gasteiger partial charge on any atom is -0.462 e. The van der Waals surface area contributed by atoms with E-state index in [1.165, 1.54) is 12.1 Å². The highest BCUT2D eigenvalue weighted by atomic mass is 19.1. The second-order valence-corrected chi connectivity index (χ2v) is 7.35. The van der Waals surface area contributed by atoms with Crippen LogP contribution in [0.3, 0.4) is 0 Å². The Labute approximate surface area is 180 Å². The summed E-state index contributed by atoms with van der Waals surface area (Å²) in [5, 5.41) is 71.0. The summed E-state index contributed by atoms with van der Waals surface area (Å²) in [6.07, 6.45) is -16.6. The molecule has 2 aliphatic heterocycles. The van der Waals surface area contributed by atoms with Crippen LogP contribution < -0.4 is 4.74 Å². The van der Waals surface area contributed by atoms with E-state index >= 15 is 0 Å². The second-order valence-electron chi connectivity index (χ2n) is 7.35. The number of nitro groups is 1. The van der Waals surface area contributed by atoms with Crippen molar-refractivity contribution in [1.82, 2.24) is 0 Å². The van der Waals surface area contributed by atoms with Crippen molar-refractivity contribution in [3.8, 4) is 5.75 Å². The average molecular weight is 465 g/mol. The van der Waals surface area contributed by atoms with Crippen LogP contribution in [0.5, 0.6) is 5.75 Å². The van der Waals surface area contributed by atoms with E-state index < -0.39 is 79.6 Å². The lowest BCUT2D eigenvalue weighted by Gasteiger charge is -2.45. The van der Waals surface area contributed by atoms with Crippen LogP contribution in [0.1, 0.15) is 0 Å². The van der Waals surface area contributed by atoms with Crippen molar-refractivity contribution in [2.75, 3.05) is 13.3 Å². The maximum atomic E-state index is 13.1. The Morgan fingerprint density at radius 3 is 2.09 bits per heavy atom. The molecule has 0 amide bonds. The molecule has 1 aromatic carbocycles. The largest absolute Gasteiger partial charge is 0.462 e. The number of aliphatic hydroxyl groups is 6. The molecule has 0 aromatic heterocycles. The number of nitrogens with zero attached hydrogens (tertiary/aromatic N) is 1. The van der Waals surface area contributed by atoms with Crippen molar-refractivity contribution < 1.29 is 58.9 Å². The van der Waals surface area contributed by atoms with Gasteiger partial charge in [-0.05, 0) is 12.1 Å². The maximum absolute atomic E-state index is 13.1. The summed E-state index contributed by atoms with van der Waals surface area (Å²) in [4.78, 5) is 10.1. The molecular weight excluding hydrogens is 441 g/mol. The summed E-state index contributed by atoms with van der Waals surface area (Å²) in [5.41, 5.74) is -0.209. The van der Waals surface area contributed by atoms with Gasteiger partial charge < -0.3 is 49.6 Å². The van der Waals surface area contributed by atoms with Crippen LogP contribution >= 0.6 is 0 Å². The van der Waals surface area contributed by atoms with E-state index in [0.717, 1.165) is 12.1 Å². The maximum Gasteiger partial charge on any atom is 0.269 e. The fourth-order valence-corrected chi connectivity index (χ4v) is 3.40. The van der Waals surface area contributed by atoms with Crippen molar-refractivity contribution in [2.24, 2.45) is 0 Å². The van der Waals surface area contributed by atoms with Gasteiger partial charge in [-0.25, -0.2) is 4.39 Å². The number of ether oxygens (including phenoxy) is 4. The minimum atomic E-state index is -1.85. The van der Waals surface area contributed by atoms with Crippen LogP contribution in [-0.2, 0) is 14.2 Å². The molecule has 180 valence electrons. The van der Waals surface area contributed by atoms with Gasteiger partial charge in [0.05, 0.1) is 11.5 Å². The summed E-state index contributed by atoms with van der Waals surface area (Å²) in [5.74, 6) is 0.0523. The van der Waals surface area contributed by atoms with Gasteiger partial charge >= 0.3 is 0 Å². The summed E-state index contributed by atoms with van der Waals surface area (Å²) in [7, 11) is 0. The minimum absolute atomic E-state index is 0.0523. The smallest absolute Gasteiger partial charge is 0.269 e. The van der Waals surface area contributed by atoms with Gasteiger partial charge in [0.1, 0.15) is 61.3 Å². The Kier molecular flexibility index (Phi) is 7.92. The van der Waals surface area contributed by atoms with Gasteiger partial charge in [0, 0.05) is 12.1 Å². The lowest BCUT2D eigenvalue weighted by atomic mass is 9.97. The van der Waals surface area contributed by atoms with Crippen LogP contribution in [-0.4, -0.2) is 110 Å². The third kappa shape index (κ3) is 4.98. The summed E-state index contributed by atoms with van der Waals surface area (Å²) < 4.78 is 34.4. The molecular formula is C18H24FNO12. The fraction of sp³-hybridized carbons (Fsp3) is 0.667. The number of benzene rings is 1. The van der Waals surface area contributed by atoms with Crippen molar-refractivity contribution in [3.05, 3.63) is 34.4 Å². The molecule has 13 nitrogen and oxygen atoms in total. The number of hydrogen-bond donors (Lipinski definition) is 6. The molecule has 32 heavy (non-hydrogen) atoms. The molecule has 6 N–H and O–H groups in total. The van der Waals surface area contributed by atoms with Crippen molar-refractivity contribution in [1.29, 1.82) is 0 Å². The van der Waals surface area contributed by atoms with Crippen LogP contribution in [0, 0.1) is 10.1 Å². The van der Waals surface area contributed by atoms with Crippen molar-refractivity contribution in [3.63, 3.8) is 0 Å². The molecule has 0 unspecified atom stereocenters. The second kappa shape index (κ2) is 10.3. The van der Waals surface area contributed by atoms with E-state index in [4.69, 9.17) is 18.9 Å². The molecule has 2 fully saturated rings. The number of non-ortho nitro benzene ring substituents is 1. The topological polar surface area (TPSA) is 201 Å². The number of aliphatic hydroxyl groups excluding tert-OH is 6. The van der Waals surface area contributed by atoms with E-state index in [1.54, 1.807) is 0 Å². The van der Waals surface area contributed by atoms with E-state index in [9.17, 15) is 45.1 Å². The SMILES string of the molecule is O=[N+]([O-])c1ccc(O[C@H]2O[C@H](CO)[C@@H](O)[C@H](O[C@H]3O[C@H](CF)[C@@H](O)[C@H](O)[C@@H]3O)[C@@H]2O)cc1. The molecule has 2 aliphatic rings. The fourth-order valence-electron chi connectivity index (χ4n) is 3.40. The van der Waals surface area contributed by atoms with Crippen LogP contribution in [0.2, 0.25) is 0 Å². The Morgan fingerprint density at radius 2 is 1.53 bits per heavy atom. The standard InChI is InChI=1S/C18H24FNO12/c19-5-9-11(22)13(24)14(25)17(30-9)32-16-12(23)10(6-21)31-18(15(16)26)29-8-3-1-7(2-4-8)20(27)28/h1-4,9-18,21-26H,5-6H2/t9-,10-,11-,12-,13+,14+,15+,16+,17-,18+/m1/s1. The van der Waals surface area contributed by atoms with Gasteiger partial charge in [-0.15, -0.1) is 0 Å². The van der Waals surface area contributed by atoms with Gasteiger partial charge in [-0.2, -0.15) is 0 Å². The van der Waals surface area contributed by atoms with Gasteiger partial charge in [0.25, 0.3) is 5.69 Å². The molecule has 1 aromatic rings. The van der Waals surface area contributed by atoms with E-state index in [1.807, 2.05) is 0 Å². The number of halogens is 1. The van der Waals surface area contributed by atoms with Gasteiger partial charge in [-0.3, -0.25) is 10.1 Å². The lowest BCUT2D eigenvalue weighted by molar-refractivity contribution is -0.384. The first-order valence-corrected chi connectivity index (χ1v) is 9.62. The highest BCUT2D eigenvalue weighted by Gasteiger charge is 2.51. The molecule has 0 spiro atoms. The third-order valence-electron chi connectivity index (χ3n) is 5.23. The third-order valence-corrected chi connectivity index (χ3v) is 5.23. The van der Waals surface area contributed by atoms with Crippen molar-refractivity contribution >= 4 is 5.69 Å². The first-order chi connectivity index (χ1) is 15.2. The molecule has 0 saturated carbocycles. The summed E-state index contributed by atoms with van der Waals surface area (Å²) in [6.45, 7) is -1.94. The van der Waals surface area contributed by atoms with Crippen LogP contribution in [0.15, 0.2) is 24.3 Å². The number of rotatable bonds is 7. The molecule has 3 rings (SSSR count). The van der Waals surface area contributed by atoms with Gasteiger partial charge in [0.2, 0.25) is 6.29 Å². The van der Waals surface area contributed by atoms with Crippen LogP contribution in [0.4, 0.5) is 10.1 Å². The predicted octanol–water partition coefficient (Wildman–Crippen LogP) is -2.43. The molecule has 2 heterocycles. The van der Waals surface area contributed by atoms with Crippen LogP contribution in [0.25, 0.3) is 0 Å². The van der Waals surface area contributed by atoms with Gasteiger partial charge in [-0.1, -0.05) is 0 Å². The monoisotopic (exact) mass is 465 g/mol. The average Bonchev–Trinajstić information content (AvgIpc) is 2.78. The molecule has 0 radical (unpaired) electrons. The van der Waals surface area contributed by atoms with E-state index in [2.05, 4.69) is 0 Å². The Bertz CT molecular complexity index is 767. The lowest BCUT2D eigenvalue weighted by Crippen LogP contribution is -2.65. The Balaban J connectivity index is 1.76. The number of hydrogen-bond acceptors (Lipinski definition) is 12. The quantitative estimate of drug-likeness (QED) is 0.184. The molecule has 0 aliphatic carbocycles. The number of alkyl halides is 1. The highest BCUT2D eigenvalue weighted by molar-refractivity contribution is 5.36. The van der Waals surface area contributed by atoms with E-state index in [0.29, 0.717) is 0 Å². The summed E-state index contributed by atoms with van der Waals surface area (Å²) in [6, 6.07) is 4.77. The number of nitro benzene ring substituents is 1. The Morgan fingerprint density at radius 1 is 0.906 bits per heavy atom. The predicted molar refractivity (Wildman–Crippen MR) is 99.0 cm³/mol. The van der Waals surface area contributed by atoms with Crippen molar-refractivity contribution in [2.45, 2.75) is 61.4 Å². The summed E-state index contributed by atoms with van der Waals surface area (Å²) >= 11 is 0. The Hall–Kier alpha value is -2.01. The molecule has 10 atom stereocenters. The highest BCUT2D eigenvalue weighted by Crippen LogP contribution is 2.30.